The van der Waals surface area contributed by atoms with Crippen LogP contribution in [0.1, 0.15) is 100 Å². The second kappa shape index (κ2) is 7.84. The van der Waals surface area contributed by atoms with Crippen molar-refractivity contribution in [2.45, 2.75) is 113 Å². The molecule has 0 amide bonds. The number of aliphatic hydroxyl groups is 2. The summed E-state index contributed by atoms with van der Waals surface area (Å²) < 4.78 is 0. The lowest BCUT2D eigenvalue weighted by molar-refractivity contribution is -0.0854. The lowest BCUT2D eigenvalue weighted by Gasteiger charge is -2.61. The molecule has 180 valence electrons. The van der Waals surface area contributed by atoms with Gasteiger partial charge in [0.15, 0.2) is 0 Å². The molecule has 0 spiro atoms. The smallest absolute Gasteiger partial charge is 0.0603 e. The fourth-order valence-electron chi connectivity index (χ4n) is 8.71. The van der Waals surface area contributed by atoms with Gasteiger partial charge >= 0.3 is 0 Å². The van der Waals surface area contributed by atoms with Gasteiger partial charge in [-0.15, -0.1) is 0 Å². The maximum absolute atomic E-state index is 11.0. The summed E-state index contributed by atoms with van der Waals surface area (Å²) in [6, 6.07) is 0. The van der Waals surface area contributed by atoms with E-state index in [1.807, 2.05) is 0 Å². The molecular formula is C30H48O2. The minimum Gasteiger partial charge on any atom is -0.393 e. The predicted molar refractivity (Wildman–Crippen MR) is 134 cm³/mol. The second-order valence-corrected chi connectivity index (χ2v) is 13.4. The van der Waals surface area contributed by atoms with Crippen molar-refractivity contribution in [2.24, 2.45) is 39.4 Å². The molecule has 0 bridgehead atoms. The van der Waals surface area contributed by atoms with Crippen molar-refractivity contribution in [3.05, 3.63) is 34.9 Å². The van der Waals surface area contributed by atoms with Crippen LogP contribution in [0.2, 0.25) is 0 Å². The van der Waals surface area contributed by atoms with Gasteiger partial charge in [-0.1, -0.05) is 65.3 Å². The van der Waals surface area contributed by atoms with Gasteiger partial charge in [0.25, 0.3) is 0 Å². The summed E-state index contributed by atoms with van der Waals surface area (Å²) >= 11 is 0. The van der Waals surface area contributed by atoms with Crippen molar-refractivity contribution in [1.82, 2.24) is 0 Å². The first-order chi connectivity index (χ1) is 14.8. The molecule has 4 aliphatic rings. The van der Waals surface area contributed by atoms with E-state index in [0.29, 0.717) is 17.8 Å². The molecule has 8 unspecified atom stereocenters. The molecule has 2 saturated carbocycles. The number of hydrogen-bond acceptors (Lipinski definition) is 2. The third-order valence-corrected chi connectivity index (χ3v) is 11.3. The Morgan fingerprint density at radius 1 is 1.06 bits per heavy atom. The first kappa shape index (κ1) is 24.3. The largest absolute Gasteiger partial charge is 0.393 e. The third-order valence-electron chi connectivity index (χ3n) is 11.3. The summed E-state index contributed by atoms with van der Waals surface area (Å²) in [5.41, 5.74) is 5.02. The molecule has 0 aromatic carbocycles. The first-order valence-electron chi connectivity index (χ1n) is 13.2. The number of allylic oxidation sites excluding steroid dienone is 5. The second-order valence-electron chi connectivity index (χ2n) is 13.4. The topological polar surface area (TPSA) is 40.5 Å². The van der Waals surface area contributed by atoms with Crippen LogP contribution in [-0.2, 0) is 0 Å². The van der Waals surface area contributed by atoms with Crippen LogP contribution in [0.25, 0.3) is 0 Å². The molecule has 2 fully saturated rings. The molecule has 32 heavy (non-hydrogen) atoms. The average Bonchev–Trinajstić information content (AvgIpc) is 3.00. The maximum Gasteiger partial charge on any atom is 0.0603 e. The maximum atomic E-state index is 11.0. The molecule has 0 heterocycles. The Morgan fingerprint density at radius 3 is 2.41 bits per heavy atom. The Morgan fingerprint density at radius 2 is 1.75 bits per heavy atom. The van der Waals surface area contributed by atoms with Gasteiger partial charge in [0.1, 0.15) is 0 Å². The monoisotopic (exact) mass is 440 g/mol. The van der Waals surface area contributed by atoms with E-state index in [4.69, 9.17) is 0 Å². The Hall–Kier alpha value is -0.860. The standard InChI is InChI=1S/C30H48O2/c1-19(2)9-11-24(31)20(3)21-13-17-30(8)23-10-12-25-27(4,5)26(32)15-16-28(25,6)22(23)14-18-29(21,30)7/h9-10,14,20-21,24-26,31-32H,11-13,15-18H2,1-8H3. The van der Waals surface area contributed by atoms with Crippen LogP contribution in [-0.4, -0.2) is 22.4 Å². The van der Waals surface area contributed by atoms with Gasteiger partial charge in [-0.3, -0.25) is 0 Å². The van der Waals surface area contributed by atoms with Crippen LogP contribution in [0.5, 0.6) is 0 Å². The highest BCUT2D eigenvalue weighted by molar-refractivity contribution is 5.49. The molecule has 8 atom stereocenters. The molecule has 4 aliphatic carbocycles. The Balaban J connectivity index is 1.68. The first-order valence-corrected chi connectivity index (χ1v) is 13.2. The van der Waals surface area contributed by atoms with E-state index < -0.39 is 0 Å². The number of aliphatic hydroxyl groups excluding tert-OH is 2. The Labute approximate surface area is 197 Å². The van der Waals surface area contributed by atoms with Crippen LogP contribution in [0.4, 0.5) is 0 Å². The lowest BCUT2D eigenvalue weighted by atomic mass is 9.44. The Bertz CT molecular complexity index is 843. The van der Waals surface area contributed by atoms with E-state index in [9.17, 15) is 10.2 Å². The van der Waals surface area contributed by atoms with Crippen molar-refractivity contribution in [2.75, 3.05) is 0 Å². The molecule has 4 rings (SSSR count). The van der Waals surface area contributed by atoms with Crippen molar-refractivity contribution < 1.29 is 10.2 Å². The van der Waals surface area contributed by atoms with E-state index in [-0.39, 0.29) is 33.9 Å². The number of hydrogen-bond donors (Lipinski definition) is 2. The van der Waals surface area contributed by atoms with Gasteiger partial charge in [0.2, 0.25) is 0 Å². The van der Waals surface area contributed by atoms with Crippen molar-refractivity contribution in [3.63, 3.8) is 0 Å². The quantitative estimate of drug-likeness (QED) is 0.453. The van der Waals surface area contributed by atoms with Crippen LogP contribution in [0, 0.1) is 39.4 Å². The molecule has 0 radical (unpaired) electrons. The van der Waals surface area contributed by atoms with Crippen molar-refractivity contribution in [1.29, 1.82) is 0 Å². The molecule has 0 aliphatic heterocycles. The molecule has 0 aromatic rings. The van der Waals surface area contributed by atoms with E-state index >= 15 is 0 Å². The highest BCUT2D eigenvalue weighted by Crippen LogP contribution is 2.71. The van der Waals surface area contributed by atoms with Gasteiger partial charge in [0, 0.05) is 0 Å². The highest BCUT2D eigenvalue weighted by atomic mass is 16.3. The SMILES string of the molecule is CC(C)=CCC(O)C(C)C1CCC2(C)C3=CCC4C(C)(CCC(O)C4(C)C)C3=CCC12C. The van der Waals surface area contributed by atoms with Gasteiger partial charge < -0.3 is 10.2 Å². The van der Waals surface area contributed by atoms with Gasteiger partial charge in [-0.2, -0.15) is 0 Å². The Kier molecular flexibility index (Phi) is 5.95. The normalized spacial score (nSPS) is 44.4. The van der Waals surface area contributed by atoms with E-state index in [1.54, 1.807) is 11.1 Å². The molecular weight excluding hydrogens is 392 g/mol. The minimum absolute atomic E-state index is 0.0424. The third kappa shape index (κ3) is 3.26. The zero-order valence-electron chi connectivity index (χ0n) is 22.0. The summed E-state index contributed by atoms with van der Waals surface area (Å²) in [6.07, 6.45) is 14.3. The minimum atomic E-state index is -0.262. The van der Waals surface area contributed by atoms with Gasteiger partial charge in [-0.05, 0) is 109 Å². The summed E-state index contributed by atoms with van der Waals surface area (Å²) in [5, 5.41) is 21.8. The average molecular weight is 441 g/mol. The molecule has 2 nitrogen and oxygen atoms in total. The van der Waals surface area contributed by atoms with Crippen LogP contribution >= 0.6 is 0 Å². The summed E-state index contributed by atoms with van der Waals surface area (Å²) in [7, 11) is 0. The van der Waals surface area contributed by atoms with E-state index in [1.165, 1.54) is 18.4 Å². The molecule has 2 N–H and O–H groups in total. The lowest BCUT2D eigenvalue weighted by Crippen LogP contribution is -2.54. The summed E-state index contributed by atoms with van der Waals surface area (Å²) in [6.45, 7) is 18.7. The highest BCUT2D eigenvalue weighted by Gasteiger charge is 2.63. The molecule has 0 saturated heterocycles. The summed E-state index contributed by atoms with van der Waals surface area (Å²) in [5.74, 6) is 1.36. The number of fused-ring (bicyclic) bond motifs is 5. The fraction of sp³-hybridized carbons (Fsp3) is 0.800. The fourth-order valence-corrected chi connectivity index (χ4v) is 8.71. The van der Waals surface area contributed by atoms with Gasteiger partial charge in [-0.25, -0.2) is 0 Å². The predicted octanol–water partition coefficient (Wildman–Crippen LogP) is 7.23. The van der Waals surface area contributed by atoms with Gasteiger partial charge in [0.05, 0.1) is 12.2 Å². The summed E-state index contributed by atoms with van der Waals surface area (Å²) in [4.78, 5) is 0. The van der Waals surface area contributed by atoms with Crippen molar-refractivity contribution in [3.8, 4) is 0 Å². The zero-order valence-corrected chi connectivity index (χ0v) is 22.0. The van der Waals surface area contributed by atoms with Crippen LogP contribution < -0.4 is 0 Å². The van der Waals surface area contributed by atoms with E-state index in [0.717, 1.165) is 32.1 Å². The number of rotatable bonds is 4. The van der Waals surface area contributed by atoms with Crippen molar-refractivity contribution >= 4 is 0 Å². The van der Waals surface area contributed by atoms with Crippen LogP contribution in [0.3, 0.4) is 0 Å². The molecule has 0 aromatic heterocycles. The molecule has 2 heteroatoms. The van der Waals surface area contributed by atoms with E-state index in [2.05, 4.69) is 73.6 Å². The zero-order chi connectivity index (χ0) is 23.7. The van der Waals surface area contributed by atoms with Crippen LogP contribution in [0.15, 0.2) is 34.9 Å².